The monoisotopic (exact) mass is 271 g/mol. The smallest absolute Gasteiger partial charge is 0.125 e. The number of rotatable bonds is 0. The lowest BCUT2D eigenvalue weighted by atomic mass is 10.2. The molecule has 0 unspecified atom stereocenters. The van der Waals surface area contributed by atoms with Crippen LogP contribution in [0, 0.1) is 3.57 Å². The van der Waals surface area contributed by atoms with Gasteiger partial charge in [0.05, 0.1) is 5.52 Å². The molecule has 3 heteroatoms. The van der Waals surface area contributed by atoms with Crippen LogP contribution in [0.1, 0.15) is 0 Å². The van der Waals surface area contributed by atoms with Crippen molar-refractivity contribution in [3.63, 3.8) is 0 Å². The van der Waals surface area contributed by atoms with Crippen LogP contribution >= 0.6 is 22.6 Å². The van der Waals surface area contributed by atoms with E-state index in [1.54, 1.807) is 12.3 Å². The average molecular weight is 271 g/mol. The number of halogens is 1. The van der Waals surface area contributed by atoms with Crippen LogP contribution in [0.2, 0.25) is 0 Å². The SMILES string of the molecule is Oc1ccc(I)c2ncccc12. The Labute approximate surface area is 83.4 Å². The van der Waals surface area contributed by atoms with E-state index in [1.807, 2.05) is 18.2 Å². The summed E-state index contributed by atoms with van der Waals surface area (Å²) < 4.78 is 1.06. The molecule has 0 amide bonds. The van der Waals surface area contributed by atoms with E-state index in [9.17, 15) is 5.11 Å². The molecule has 2 rings (SSSR count). The van der Waals surface area contributed by atoms with Crippen LogP contribution in [0.4, 0.5) is 0 Å². The zero-order valence-corrected chi connectivity index (χ0v) is 8.32. The summed E-state index contributed by atoms with van der Waals surface area (Å²) in [5.41, 5.74) is 0.859. The molecule has 0 atom stereocenters. The van der Waals surface area contributed by atoms with Gasteiger partial charge in [-0.05, 0) is 46.9 Å². The molecule has 1 aromatic carbocycles. The van der Waals surface area contributed by atoms with Crippen molar-refractivity contribution < 1.29 is 5.11 Å². The first-order valence-electron chi connectivity index (χ1n) is 3.51. The standard InChI is InChI=1S/C9H6INO/c10-7-3-4-8(12)6-2-1-5-11-9(6)7/h1-5,12H. The lowest BCUT2D eigenvalue weighted by Gasteiger charge is -2.00. The predicted molar refractivity (Wildman–Crippen MR) is 56.1 cm³/mol. The first kappa shape index (κ1) is 7.79. The molecule has 0 saturated heterocycles. The molecule has 1 heterocycles. The van der Waals surface area contributed by atoms with E-state index in [2.05, 4.69) is 27.6 Å². The van der Waals surface area contributed by atoms with Gasteiger partial charge in [-0.2, -0.15) is 0 Å². The highest BCUT2D eigenvalue weighted by Crippen LogP contribution is 2.26. The summed E-state index contributed by atoms with van der Waals surface area (Å²) in [5, 5.41) is 10.3. The van der Waals surface area contributed by atoms with Crippen molar-refractivity contribution in [1.29, 1.82) is 0 Å². The summed E-state index contributed by atoms with van der Waals surface area (Å²) in [6, 6.07) is 7.22. The third-order valence-electron chi connectivity index (χ3n) is 1.70. The fraction of sp³-hybridized carbons (Fsp3) is 0. The van der Waals surface area contributed by atoms with E-state index in [1.165, 1.54) is 0 Å². The zero-order chi connectivity index (χ0) is 8.55. The number of aromatic hydroxyl groups is 1. The van der Waals surface area contributed by atoms with Crippen molar-refractivity contribution in [2.24, 2.45) is 0 Å². The summed E-state index contributed by atoms with van der Waals surface area (Å²) in [5.74, 6) is 0.290. The Morgan fingerprint density at radius 1 is 1.25 bits per heavy atom. The van der Waals surface area contributed by atoms with Crippen LogP contribution in [0.3, 0.4) is 0 Å². The minimum atomic E-state index is 0.290. The van der Waals surface area contributed by atoms with E-state index in [4.69, 9.17) is 0 Å². The summed E-state index contributed by atoms with van der Waals surface area (Å²) in [6.07, 6.45) is 1.73. The van der Waals surface area contributed by atoms with E-state index in [0.717, 1.165) is 14.5 Å². The van der Waals surface area contributed by atoms with Crippen molar-refractivity contribution in [2.75, 3.05) is 0 Å². The minimum Gasteiger partial charge on any atom is -0.507 e. The summed E-state index contributed by atoms with van der Waals surface area (Å²) in [6.45, 7) is 0. The zero-order valence-electron chi connectivity index (χ0n) is 6.16. The fourth-order valence-electron chi connectivity index (χ4n) is 1.12. The van der Waals surface area contributed by atoms with Crippen molar-refractivity contribution in [3.8, 4) is 5.75 Å². The maximum Gasteiger partial charge on any atom is 0.125 e. The Hall–Kier alpha value is -0.840. The number of phenols is 1. The maximum absolute atomic E-state index is 9.45. The first-order chi connectivity index (χ1) is 5.79. The Morgan fingerprint density at radius 2 is 2.08 bits per heavy atom. The van der Waals surface area contributed by atoms with E-state index in [-0.39, 0.29) is 0 Å². The molecular weight excluding hydrogens is 265 g/mol. The van der Waals surface area contributed by atoms with E-state index >= 15 is 0 Å². The molecule has 0 spiro atoms. The quantitative estimate of drug-likeness (QED) is 0.747. The van der Waals surface area contributed by atoms with Gasteiger partial charge in [0.25, 0.3) is 0 Å². The number of hydrogen-bond donors (Lipinski definition) is 1. The second-order valence-corrected chi connectivity index (χ2v) is 3.63. The van der Waals surface area contributed by atoms with Gasteiger partial charge < -0.3 is 5.11 Å². The van der Waals surface area contributed by atoms with Gasteiger partial charge in [-0.3, -0.25) is 4.98 Å². The number of pyridine rings is 1. The van der Waals surface area contributed by atoms with Crippen LogP contribution in [-0.2, 0) is 0 Å². The van der Waals surface area contributed by atoms with Gasteiger partial charge in [-0.25, -0.2) is 0 Å². The van der Waals surface area contributed by atoms with Gasteiger partial charge in [0, 0.05) is 15.2 Å². The van der Waals surface area contributed by atoms with Gasteiger partial charge in [-0.1, -0.05) is 0 Å². The molecular formula is C9H6INO. The normalized spacial score (nSPS) is 10.4. The van der Waals surface area contributed by atoms with Crippen LogP contribution in [-0.4, -0.2) is 10.1 Å². The Bertz CT molecular complexity index is 387. The third kappa shape index (κ3) is 1.14. The molecule has 12 heavy (non-hydrogen) atoms. The van der Waals surface area contributed by atoms with Gasteiger partial charge in [0.15, 0.2) is 0 Å². The van der Waals surface area contributed by atoms with Crippen LogP contribution < -0.4 is 0 Å². The molecule has 0 aliphatic carbocycles. The second-order valence-electron chi connectivity index (χ2n) is 2.47. The molecule has 2 nitrogen and oxygen atoms in total. The largest absolute Gasteiger partial charge is 0.507 e. The summed E-state index contributed by atoms with van der Waals surface area (Å²) in [7, 11) is 0. The van der Waals surface area contributed by atoms with Gasteiger partial charge >= 0.3 is 0 Å². The first-order valence-corrected chi connectivity index (χ1v) is 4.59. The maximum atomic E-state index is 9.45. The topological polar surface area (TPSA) is 33.1 Å². The highest BCUT2D eigenvalue weighted by Gasteiger charge is 2.02. The van der Waals surface area contributed by atoms with Crippen LogP contribution in [0.25, 0.3) is 10.9 Å². The predicted octanol–water partition coefficient (Wildman–Crippen LogP) is 2.55. The number of benzene rings is 1. The molecule has 2 aromatic rings. The molecule has 0 aliphatic heterocycles. The van der Waals surface area contributed by atoms with Crippen LogP contribution in [0.5, 0.6) is 5.75 Å². The van der Waals surface area contributed by atoms with Crippen LogP contribution in [0.15, 0.2) is 30.5 Å². The van der Waals surface area contributed by atoms with Gasteiger partial charge in [-0.15, -0.1) is 0 Å². The lowest BCUT2D eigenvalue weighted by molar-refractivity contribution is 0.481. The van der Waals surface area contributed by atoms with Crippen molar-refractivity contribution >= 4 is 33.5 Å². The Kier molecular flexibility index (Phi) is 1.88. The van der Waals surface area contributed by atoms with Crippen molar-refractivity contribution in [2.45, 2.75) is 0 Å². The second kappa shape index (κ2) is 2.90. The lowest BCUT2D eigenvalue weighted by Crippen LogP contribution is -1.81. The molecule has 0 aliphatic rings. The number of fused-ring (bicyclic) bond motifs is 1. The fourth-order valence-corrected chi connectivity index (χ4v) is 1.73. The molecule has 1 aromatic heterocycles. The highest BCUT2D eigenvalue weighted by molar-refractivity contribution is 14.1. The number of nitrogens with zero attached hydrogens (tertiary/aromatic N) is 1. The number of phenolic OH excluding ortho intramolecular Hbond substituents is 1. The summed E-state index contributed by atoms with van der Waals surface area (Å²) in [4.78, 5) is 4.17. The van der Waals surface area contributed by atoms with Crippen molar-refractivity contribution in [3.05, 3.63) is 34.0 Å². The van der Waals surface area contributed by atoms with E-state index in [0.29, 0.717) is 5.75 Å². The van der Waals surface area contributed by atoms with Crippen molar-refractivity contribution in [1.82, 2.24) is 4.98 Å². The molecule has 0 radical (unpaired) electrons. The third-order valence-corrected chi connectivity index (χ3v) is 2.57. The molecule has 0 bridgehead atoms. The molecule has 0 fully saturated rings. The molecule has 1 N–H and O–H groups in total. The number of aromatic nitrogens is 1. The van der Waals surface area contributed by atoms with Gasteiger partial charge in [0.1, 0.15) is 5.75 Å². The minimum absolute atomic E-state index is 0.290. The Balaban J connectivity index is 2.95. The highest BCUT2D eigenvalue weighted by atomic mass is 127. The average Bonchev–Trinajstić information content (AvgIpc) is 2.12. The van der Waals surface area contributed by atoms with Gasteiger partial charge in [0.2, 0.25) is 0 Å². The molecule has 60 valence electrons. The van der Waals surface area contributed by atoms with E-state index < -0.39 is 0 Å². The number of hydrogen-bond acceptors (Lipinski definition) is 2. The Morgan fingerprint density at radius 3 is 2.83 bits per heavy atom. The summed E-state index contributed by atoms with van der Waals surface area (Å²) >= 11 is 2.20. The molecule has 0 saturated carbocycles.